The number of rotatable bonds is 0. The smallest absolute Gasteiger partial charge is 0.264 e. The first-order chi connectivity index (χ1) is 8.07. The molecule has 3 rings (SSSR count). The molecule has 1 aliphatic heterocycles. The highest BCUT2D eigenvalue weighted by molar-refractivity contribution is 7.17. The molecule has 2 heterocycles. The van der Waals surface area contributed by atoms with Gasteiger partial charge in [0.15, 0.2) is 0 Å². The first-order valence-electron chi connectivity index (χ1n) is 4.88. The van der Waals surface area contributed by atoms with Gasteiger partial charge in [0.25, 0.3) is 0 Å². The number of benzene rings is 1. The molecular weight excluding hydrogens is 247 g/mol. The predicted molar refractivity (Wildman–Crippen MR) is 63.5 cm³/mol. The fourth-order valence-corrected chi connectivity index (χ4v) is 2.99. The van der Waals surface area contributed by atoms with Crippen LogP contribution in [0.15, 0.2) is 28.7 Å². The van der Waals surface area contributed by atoms with E-state index in [9.17, 15) is 13.2 Å². The molecule has 1 nitrogen and oxygen atoms in total. The third-order valence-electron chi connectivity index (χ3n) is 2.64. The summed E-state index contributed by atoms with van der Waals surface area (Å²) in [7, 11) is 0. The van der Waals surface area contributed by atoms with Crippen molar-refractivity contribution in [1.82, 2.24) is 0 Å². The topological polar surface area (TPSA) is 12.4 Å². The molecule has 5 heteroatoms. The van der Waals surface area contributed by atoms with E-state index >= 15 is 0 Å². The van der Waals surface area contributed by atoms with Gasteiger partial charge in [0, 0.05) is 33.4 Å². The molecule has 86 valence electrons. The Bertz CT molecular complexity index is 650. The molecule has 0 fully saturated rings. The van der Waals surface area contributed by atoms with Crippen molar-refractivity contribution < 1.29 is 13.2 Å². The average molecular weight is 253 g/mol. The Morgan fingerprint density at radius 3 is 2.71 bits per heavy atom. The van der Waals surface area contributed by atoms with Crippen molar-refractivity contribution in [3.8, 4) is 0 Å². The van der Waals surface area contributed by atoms with Crippen LogP contribution in [-0.2, 0) is 6.18 Å². The molecular formula is C12H6F3NS. The summed E-state index contributed by atoms with van der Waals surface area (Å²) in [6.45, 7) is 0. The summed E-state index contributed by atoms with van der Waals surface area (Å²) >= 11 is 1.11. The maximum absolute atomic E-state index is 12.8. The Morgan fingerprint density at radius 1 is 1.12 bits per heavy atom. The van der Waals surface area contributed by atoms with Crippen LogP contribution in [0.3, 0.4) is 0 Å². The highest BCUT2D eigenvalue weighted by Gasteiger charge is 2.33. The van der Waals surface area contributed by atoms with E-state index in [0.29, 0.717) is 5.39 Å². The SMILES string of the molecule is FC(F)(F)c1ccc2c3c(csc13)C=NC=C2. The number of alkyl halides is 3. The summed E-state index contributed by atoms with van der Waals surface area (Å²) < 4.78 is 38.8. The van der Waals surface area contributed by atoms with Gasteiger partial charge in [-0.05, 0) is 17.7 Å². The molecule has 0 N–H and O–H groups in total. The minimum absolute atomic E-state index is 0.281. The van der Waals surface area contributed by atoms with Gasteiger partial charge in [-0.1, -0.05) is 6.07 Å². The van der Waals surface area contributed by atoms with Crippen LogP contribution in [0.4, 0.5) is 13.2 Å². The van der Waals surface area contributed by atoms with Crippen LogP contribution in [0, 0.1) is 0 Å². The predicted octanol–water partition coefficient (Wildman–Crippen LogP) is 4.32. The van der Waals surface area contributed by atoms with E-state index in [1.165, 1.54) is 6.07 Å². The molecule has 1 aliphatic rings. The quantitative estimate of drug-likeness (QED) is 0.663. The van der Waals surface area contributed by atoms with E-state index in [1.54, 1.807) is 23.9 Å². The second kappa shape index (κ2) is 3.43. The van der Waals surface area contributed by atoms with Gasteiger partial charge in [0.2, 0.25) is 0 Å². The van der Waals surface area contributed by atoms with E-state index in [4.69, 9.17) is 0 Å². The van der Waals surface area contributed by atoms with E-state index in [2.05, 4.69) is 4.99 Å². The molecule has 0 spiro atoms. The second-order valence-electron chi connectivity index (χ2n) is 3.69. The summed E-state index contributed by atoms with van der Waals surface area (Å²) in [5, 5.41) is 2.35. The summed E-state index contributed by atoms with van der Waals surface area (Å²) in [4.78, 5) is 3.99. The highest BCUT2D eigenvalue weighted by Crippen LogP contribution is 2.40. The number of hydrogen-bond acceptors (Lipinski definition) is 2. The van der Waals surface area contributed by atoms with Crippen molar-refractivity contribution in [2.75, 3.05) is 0 Å². The average Bonchev–Trinajstić information content (AvgIpc) is 2.54. The van der Waals surface area contributed by atoms with E-state index in [0.717, 1.165) is 28.5 Å². The highest BCUT2D eigenvalue weighted by atomic mass is 32.1. The van der Waals surface area contributed by atoms with E-state index in [1.807, 2.05) is 0 Å². The zero-order valence-electron chi connectivity index (χ0n) is 8.45. The Hall–Kier alpha value is -1.62. The molecule has 0 bridgehead atoms. The molecule has 1 aromatic heterocycles. The van der Waals surface area contributed by atoms with Crippen LogP contribution in [-0.4, -0.2) is 6.21 Å². The molecule has 0 saturated carbocycles. The Morgan fingerprint density at radius 2 is 1.94 bits per heavy atom. The van der Waals surface area contributed by atoms with E-state index in [-0.39, 0.29) is 4.70 Å². The molecule has 0 unspecified atom stereocenters. The van der Waals surface area contributed by atoms with Crippen molar-refractivity contribution in [2.24, 2.45) is 4.99 Å². The molecule has 0 atom stereocenters. The van der Waals surface area contributed by atoms with Crippen molar-refractivity contribution in [3.63, 3.8) is 0 Å². The molecule has 0 amide bonds. The molecule has 1 aromatic carbocycles. The summed E-state index contributed by atoms with van der Waals surface area (Å²) in [6, 6.07) is 2.63. The minimum atomic E-state index is -4.31. The number of aliphatic imine (C=N–C) groups is 1. The standard InChI is InChI=1S/C12H6F3NS/c13-12(14,15)9-2-1-7-3-4-16-5-8-6-17-11(9)10(7)8/h1-6H. The molecule has 0 aliphatic carbocycles. The van der Waals surface area contributed by atoms with Gasteiger partial charge >= 0.3 is 6.18 Å². The van der Waals surface area contributed by atoms with Crippen LogP contribution >= 0.6 is 11.3 Å². The first-order valence-corrected chi connectivity index (χ1v) is 5.76. The minimum Gasteiger partial charge on any atom is -0.264 e. The monoisotopic (exact) mass is 253 g/mol. The maximum atomic E-state index is 12.8. The van der Waals surface area contributed by atoms with Crippen LogP contribution in [0.1, 0.15) is 16.7 Å². The number of hydrogen-bond donors (Lipinski definition) is 0. The lowest BCUT2D eigenvalue weighted by Gasteiger charge is -2.09. The fourth-order valence-electron chi connectivity index (χ4n) is 1.90. The lowest BCUT2D eigenvalue weighted by atomic mass is 10.0. The van der Waals surface area contributed by atoms with Crippen LogP contribution < -0.4 is 0 Å². The maximum Gasteiger partial charge on any atom is 0.417 e. The molecule has 0 radical (unpaired) electrons. The largest absolute Gasteiger partial charge is 0.417 e. The van der Waals surface area contributed by atoms with Gasteiger partial charge in [0.05, 0.1) is 5.56 Å². The van der Waals surface area contributed by atoms with Gasteiger partial charge < -0.3 is 0 Å². The van der Waals surface area contributed by atoms with Crippen molar-refractivity contribution >= 4 is 33.7 Å². The Labute approximate surface area is 98.9 Å². The fraction of sp³-hybridized carbons (Fsp3) is 0.0833. The van der Waals surface area contributed by atoms with Crippen molar-refractivity contribution in [3.05, 3.63) is 40.4 Å². The van der Waals surface area contributed by atoms with E-state index < -0.39 is 11.7 Å². The van der Waals surface area contributed by atoms with Gasteiger partial charge in [-0.15, -0.1) is 11.3 Å². The zero-order chi connectivity index (χ0) is 12.0. The van der Waals surface area contributed by atoms with Gasteiger partial charge in [-0.2, -0.15) is 13.2 Å². The first kappa shape index (κ1) is 10.5. The Kier molecular flexibility index (Phi) is 2.13. The number of thiophene rings is 1. The number of nitrogens with zero attached hydrogens (tertiary/aromatic N) is 1. The van der Waals surface area contributed by atoms with Crippen LogP contribution in [0.25, 0.3) is 16.2 Å². The molecule has 2 aromatic rings. The third-order valence-corrected chi connectivity index (χ3v) is 3.67. The normalized spacial score (nSPS) is 14.3. The van der Waals surface area contributed by atoms with Gasteiger partial charge in [-0.25, -0.2) is 0 Å². The third kappa shape index (κ3) is 1.58. The van der Waals surface area contributed by atoms with Crippen molar-refractivity contribution in [1.29, 1.82) is 0 Å². The lowest BCUT2D eigenvalue weighted by molar-refractivity contribution is -0.136. The van der Waals surface area contributed by atoms with Gasteiger partial charge in [0.1, 0.15) is 0 Å². The molecule has 17 heavy (non-hydrogen) atoms. The lowest BCUT2D eigenvalue weighted by Crippen LogP contribution is -2.05. The van der Waals surface area contributed by atoms with Crippen LogP contribution in [0.2, 0.25) is 0 Å². The van der Waals surface area contributed by atoms with Crippen molar-refractivity contribution in [2.45, 2.75) is 6.18 Å². The summed E-state index contributed by atoms with van der Waals surface area (Å²) in [5.74, 6) is 0. The van der Waals surface area contributed by atoms with Crippen LogP contribution in [0.5, 0.6) is 0 Å². The zero-order valence-corrected chi connectivity index (χ0v) is 9.27. The van der Waals surface area contributed by atoms with Gasteiger partial charge in [-0.3, -0.25) is 4.99 Å². The molecule has 0 saturated heterocycles. The number of halogens is 3. The second-order valence-corrected chi connectivity index (χ2v) is 4.57. The Balaban J connectivity index is 2.42. The summed E-state index contributed by atoms with van der Waals surface area (Å²) in [5.41, 5.74) is 0.953. The summed E-state index contributed by atoms with van der Waals surface area (Å²) in [6.07, 6.45) is 0.592.